The highest BCUT2D eigenvalue weighted by Gasteiger charge is 2.32. The summed E-state index contributed by atoms with van der Waals surface area (Å²) in [7, 11) is -4.23. The van der Waals surface area contributed by atoms with Crippen molar-refractivity contribution in [3.05, 3.63) is 89.2 Å². The topological polar surface area (TPSA) is 96.0 Å². The van der Waals surface area contributed by atoms with Gasteiger partial charge in [0, 0.05) is 18.1 Å². The molecule has 0 saturated carbocycles. The number of benzene rings is 3. The minimum atomic E-state index is -4.23. The van der Waals surface area contributed by atoms with Crippen LogP contribution in [0.25, 0.3) is 0 Å². The van der Waals surface area contributed by atoms with Crippen molar-refractivity contribution in [3.63, 3.8) is 0 Å². The monoisotopic (exact) mass is 603 g/mol. The van der Waals surface area contributed by atoms with Crippen LogP contribution in [0.2, 0.25) is 5.02 Å². The third kappa shape index (κ3) is 8.68. The van der Waals surface area contributed by atoms with Gasteiger partial charge in [-0.15, -0.1) is 0 Å². The number of carbonyl (C=O) groups is 2. The van der Waals surface area contributed by atoms with Crippen LogP contribution in [-0.2, 0) is 26.2 Å². The zero-order valence-electron chi connectivity index (χ0n) is 23.5. The molecule has 3 rings (SSSR count). The highest BCUT2D eigenvalue weighted by atomic mass is 35.5. The molecule has 0 bridgehead atoms. The Balaban J connectivity index is 2.01. The zero-order chi connectivity index (χ0) is 30.2. The Hall–Kier alpha value is -3.63. The number of sulfonamides is 1. The van der Waals surface area contributed by atoms with E-state index < -0.39 is 34.3 Å². The van der Waals surface area contributed by atoms with E-state index >= 15 is 0 Å². The summed E-state index contributed by atoms with van der Waals surface area (Å²) in [4.78, 5) is 28.2. The molecule has 3 aromatic carbocycles. The summed E-state index contributed by atoms with van der Waals surface area (Å²) in [5.41, 5.74) is 0.812. The molecule has 1 unspecified atom stereocenters. The first-order valence-electron chi connectivity index (χ1n) is 13.2. The third-order valence-corrected chi connectivity index (χ3v) is 8.27. The van der Waals surface area contributed by atoms with E-state index in [1.807, 2.05) is 20.8 Å². The van der Waals surface area contributed by atoms with Crippen LogP contribution in [0.3, 0.4) is 0 Å². The van der Waals surface area contributed by atoms with E-state index in [4.69, 9.17) is 16.3 Å². The number of carbonyl (C=O) groups excluding carboxylic acids is 2. The van der Waals surface area contributed by atoms with Crippen LogP contribution in [0, 0.1) is 11.7 Å². The van der Waals surface area contributed by atoms with Gasteiger partial charge in [0.05, 0.1) is 17.2 Å². The zero-order valence-corrected chi connectivity index (χ0v) is 25.1. The number of nitrogens with one attached hydrogen (secondary N) is 1. The van der Waals surface area contributed by atoms with E-state index in [0.29, 0.717) is 29.5 Å². The molecule has 0 fully saturated rings. The Morgan fingerprint density at radius 1 is 0.951 bits per heavy atom. The van der Waals surface area contributed by atoms with E-state index in [2.05, 4.69) is 5.32 Å². The molecule has 0 aliphatic rings. The van der Waals surface area contributed by atoms with Crippen molar-refractivity contribution in [2.75, 3.05) is 24.0 Å². The third-order valence-electron chi connectivity index (χ3n) is 6.23. The number of ether oxygens (including phenoxy) is 1. The van der Waals surface area contributed by atoms with Gasteiger partial charge in [-0.3, -0.25) is 13.9 Å². The number of amides is 2. The van der Waals surface area contributed by atoms with Gasteiger partial charge < -0.3 is 15.0 Å². The fourth-order valence-corrected chi connectivity index (χ4v) is 5.50. The molecule has 0 aliphatic heterocycles. The summed E-state index contributed by atoms with van der Waals surface area (Å²) in [6.45, 7) is 7.51. The second-order valence-electron chi connectivity index (χ2n) is 9.86. The van der Waals surface area contributed by atoms with Gasteiger partial charge in [0.15, 0.2) is 0 Å². The number of rotatable bonds is 13. The maximum Gasteiger partial charge on any atom is 0.264 e. The van der Waals surface area contributed by atoms with Gasteiger partial charge in [-0.25, -0.2) is 12.8 Å². The van der Waals surface area contributed by atoms with Crippen molar-refractivity contribution in [1.29, 1.82) is 0 Å². The Bertz CT molecular complexity index is 1420. The number of halogens is 2. The quantitative estimate of drug-likeness (QED) is 0.287. The van der Waals surface area contributed by atoms with Crippen LogP contribution in [-0.4, -0.2) is 50.9 Å². The van der Waals surface area contributed by atoms with Gasteiger partial charge in [0.2, 0.25) is 11.8 Å². The van der Waals surface area contributed by atoms with Gasteiger partial charge in [-0.1, -0.05) is 37.6 Å². The molecular weight excluding hydrogens is 569 g/mol. The SMILES string of the molecule is CCOc1ccc(N(CC(=O)N(Cc2ccc(F)cc2)C(C)C(=O)NCC(C)C)S(=O)(=O)c2ccc(Cl)cc2)cc1. The second kappa shape index (κ2) is 14.3. The Labute approximate surface area is 246 Å². The summed E-state index contributed by atoms with van der Waals surface area (Å²) in [5, 5.41) is 3.19. The summed E-state index contributed by atoms with van der Waals surface area (Å²) in [6, 6.07) is 16.6. The summed E-state index contributed by atoms with van der Waals surface area (Å²) >= 11 is 5.98. The smallest absolute Gasteiger partial charge is 0.264 e. The van der Waals surface area contributed by atoms with E-state index in [1.54, 1.807) is 31.2 Å². The standard InChI is InChI=1S/C30H35ClFN3O5S/c1-5-40-27-14-12-26(13-15-27)35(41(38,39)28-16-8-24(31)9-17-28)20-29(36)34(19-23-6-10-25(32)11-7-23)22(4)30(37)33-18-21(2)3/h6-17,21-22H,5,18-20H2,1-4H3,(H,33,37). The molecule has 0 spiro atoms. The molecule has 2 amide bonds. The average molecular weight is 604 g/mol. The van der Waals surface area contributed by atoms with Gasteiger partial charge in [-0.2, -0.15) is 0 Å². The van der Waals surface area contributed by atoms with E-state index in [-0.39, 0.29) is 29.0 Å². The van der Waals surface area contributed by atoms with Gasteiger partial charge in [0.25, 0.3) is 10.0 Å². The Morgan fingerprint density at radius 2 is 1.56 bits per heavy atom. The maximum absolute atomic E-state index is 13.9. The van der Waals surface area contributed by atoms with Crippen molar-refractivity contribution in [3.8, 4) is 5.75 Å². The molecule has 1 N–H and O–H groups in total. The van der Waals surface area contributed by atoms with Crippen molar-refractivity contribution < 1.29 is 27.1 Å². The minimum absolute atomic E-state index is 0.0342. The summed E-state index contributed by atoms with van der Waals surface area (Å²) < 4.78 is 47.7. The van der Waals surface area contributed by atoms with Crippen molar-refractivity contribution in [2.24, 2.45) is 5.92 Å². The van der Waals surface area contributed by atoms with E-state index in [9.17, 15) is 22.4 Å². The van der Waals surface area contributed by atoms with Gasteiger partial charge in [0.1, 0.15) is 24.2 Å². The van der Waals surface area contributed by atoms with Crippen molar-refractivity contribution in [2.45, 2.75) is 45.2 Å². The van der Waals surface area contributed by atoms with Crippen molar-refractivity contribution in [1.82, 2.24) is 10.2 Å². The Morgan fingerprint density at radius 3 is 2.12 bits per heavy atom. The highest BCUT2D eigenvalue weighted by Crippen LogP contribution is 2.27. The lowest BCUT2D eigenvalue weighted by atomic mass is 10.1. The fourth-order valence-electron chi connectivity index (χ4n) is 3.96. The van der Waals surface area contributed by atoms with Crippen LogP contribution in [0.1, 0.15) is 33.3 Å². The van der Waals surface area contributed by atoms with Crippen LogP contribution >= 0.6 is 11.6 Å². The van der Waals surface area contributed by atoms with Crippen LogP contribution in [0.15, 0.2) is 77.7 Å². The minimum Gasteiger partial charge on any atom is -0.494 e. The fraction of sp³-hybridized carbons (Fsp3) is 0.333. The Kier molecular flexibility index (Phi) is 11.1. The molecule has 3 aromatic rings. The summed E-state index contributed by atoms with van der Waals surface area (Å²) in [6.07, 6.45) is 0. The van der Waals surface area contributed by atoms with Crippen LogP contribution < -0.4 is 14.4 Å². The molecule has 0 aliphatic carbocycles. The number of hydrogen-bond acceptors (Lipinski definition) is 5. The van der Waals surface area contributed by atoms with Crippen molar-refractivity contribution >= 4 is 39.1 Å². The van der Waals surface area contributed by atoms with Gasteiger partial charge >= 0.3 is 0 Å². The molecule has 0 aromatic heterocycles. The lowest BCUT2D eigenvalue weighted by Crippen LogP contribution is -2.51. The summed E-state index contributed by atoms with van der Waals surface area (Å²) in [5.74, 6) is -0.716. The number of hydrogen-bond donors (Lipinski definition) is 1. The first-order chi connectivity index (χ1) is 19.4. The van der Waals surface area contributed by atoms with Crippen LogP contribution in [0.4, 0.5) is 10.1 Å². The molecule has 0 radical (unpaired) electrons. The second-order valence-corrected chi connectivity index (χ2v) is 12.2. The first-order valence-corrected chi connectivity index (χ1v) is 15.1. The predicted molar refractivity (Wildman–Crippen MR) is 158 cm³/mol. The first kappa shape index (κ1) is 31.9. The number of nitrogens with zero attached hydrogens (tertiary/aromatic N) is 2. The van der Waals surface area contributed by atoms with E-state index in [1.165, 1.54) is 53.4 Å². The molecule has 0 heterocycles. The molecular formula is C30H35ClFN3O5S. The molecule has 0 saturated heterocycles. The normalized spacial score (nSPS) is 12.1. The molecule has 41 heavy (non-hydrogen) atoms. The molecule has 11 heteroatoms. The predicted octanol–water partition coefficient (Wildman–Crippen LogP) is 5.26. The maximum atomic E-state index is 13.9. The van der Waals surface area contributed by atoms with E-state index in [0.717, 1.165) is 4.31 Å². The molecule has 1 atom stereocenters. The van der Waals surface area contributed by atoms with Gasteiger partial charge in [-0.05, 0) is 86.0 Å². The largest absolute Gasteiger partial charge is 0.494 e. The molecule has 220 valence electrons. The molecule has 8 nitrogen and oxygen atoms in total. The highest BCUT2D eigenvalue weighted by molar-refractivity contribution is 7.92. The lowest BCUT2D eigenvalue weighted by molar-refractivity contribution is -0.139. The van der Waals surface area contributed by atoms with Crippen LogP contribution in [0.5, 0.6) is 5.75 Å². The lowest BCUT2D eigenvalue weighted by Gasteiger charge is -2.32. The average Bonchev–Trinajstić information content (AvgIpc) is 2.94. The number of anilines is 1.